The van der Waals surface area contributed by atoms with Gasteiger partial charge in [0.25, 0.3) is 0 Å². The van der Waals surface area contributed by atoms with Crippen LogP contribution in [0.25, 0.3) is 0 Å². The van der Waals surface area contributed by atoms with Gasteiger partial charge in [0.05, 0.1) is 32.1 Å². The van der Waals surface area contributed by atoms with Crippen LogP contribution in [0.4, 0.5) is 0 Å². The van der Waals surface area contributed by atoms with Crippen molar-refractivity contribution >= 4 is 70.9 Å². The van der Waals surface area contributed by atoms with Crippen LogP contribution in [-0.2, 0) is 64.0 Å². The molecule has 1 aromatic carbocycles. The Kier molecular flexibility index (Phi) is 19.3. The quantitative estimate of drug-likeness (QED) is 0.0491. The number of hydrogen-bond donors (Lipinski definition) is 10. The molecule has 7 atom stereocenters. The van der Waals surface area contributed by atoms with E-state index in [1.807, 2.05) is 0 Å². The first kappa shape index (κ1) is 52.8. The summed E-state index contributed by atoms with van der Waals surface area (Å²) < 4.78 is 0. The fourth-order valence-corrected chi connectivity index (χ4v) is 8.94. The van der Waals surface area contributed by atoms with E-state index in [1.165, 1.54) is 14.7 Å². The second kappa shape index (κ2) is 25.3. The Labute approximate surface area is 397 Å². The van der Waals surface area contributed by atoms with Gasteiger partial charge in [-0.05, 0) is 69.9 Å². The smallest absolute Gasteiger partial charge is 0.326 e. The van der Waals surface area contributed by atoms with Crippen molar-refractivity contribution in [3.63, 3.8) is 0 Å². The molecule has 0 radical (unpaired) electrons. The van der Waals surface area contributed by atoms with Crippen LogP contribution in [0.2, 0.25) is 0 Å². The van der Waals surface area contributed by atoms with Gasteiger partial charge >= 0.3 is 5.97 Å². The number of carboxylic acid groups (broad SMARTS) is 1. The zero-order valence-corrected chi connectivity index (χ0v) is 38.2. The number of amides is 11. The number of primary amides is 2. The average Bonchev–Trinajstić information content (AvgIpc) is 4.18. The molecule has 25 heteroatoms. The number of rotatable bonds is 23. The molecular formula is C44H62N12O13. The maximum absolute atomic E-state index is 13.8. The van der Waals surface area contributed by atoms with Crippen LogP contribution in [0.3, 0.4) is 0 Å². The standard InChI is InChI=1S/C44H62N12O13/c45-33(57)15-14-26(52-40(64)30-11-5-17-54(30)41(65)27-10-4-16-47-27)39(63)53-28(20-25-8-2-1-3-9-25)38(62)50-23-36(60)48-22-35(59)49-24-37(61)51-29(21-34(46)58)42(66)55-18-6-12-31(55)43(67)56-19-7-13-32(56)44(68)69/h1-3,8-9,26-32,47H,4-7,10-24H2,(H2,45,57)(H2,46,58)(H,48,60)(H,49,59)(H,50,62)(H,51,61)(H,52,64)(H,53,63)(H,68,69)/t26-,27-,28-,29-,30-,31-,32-/m0/s1. The Morgan fingerprint density at radius 3 is 1.81 bits per heavy atom. The normalized spacial score (nSPS) is 21.0. The van der Waals surface area contributed by atoms with Gasteiger partial charge in [0.1, 0.15) is 36.3 Å². The summed E-state index contributed by atoms with van der Waals surface area (Å²) in [5.41, 5.74) is 11.4. The summed E-state index contributed by atoms with van der Waals surface area (Å²) in [5.74, 6) is -9.25. The van der Waals surface area contributed by atoms with Gasteiger partial charge in [-0.1, -0.05) is 30.3 Å². The van der Waals surface area contributed by atoms with Crippen LogP contribution in [0, 0.1) is 0 Å². The highest BCUT2D eigenvalue weighted by Crippen LogP contribution is 2.26. The van der Waals surface area contributed by atoms with Crippen LogP contribution in [0.5, 0.6) is 0 Å². The fraction of sp³-hybridized carbons (Fsp3) is 0.591. The fourth-order valence-electron chi connectivity index (χ4n) is 8.94. The van der Waals surface area contributed by atoms with E-state index in [0.717, 1.165) is 6.42 Å². The number of carboxylic acids is 1. The summed E-state index contributed by atoms with van der Waals surface area (Å²) >= 11 is 0. The first-order valence-corrected chi connectivity index (χ1v) is 23.1. The second-order valence-corrected chi connectivity index (χ2v) is 17.4. The van der Waals surface area contributed by atoms with E-state index in [9.17, 15) is 62.6 Å². The highest BCUT2D eigenvalue weighted by molar-refractivity contribution is 5.98. The van der Waals surface area contributed by atoms with Crippen LogP contribution in [-0.4, -0.2) is 179 Å². The van der Waals surface area contributed by atoms with Crippen molar-refractivity contribution < 1.29 is 62.6 Å². The zero-order valence-electron chi connectivity index (χ0n) is 38.2. The molecule has 376 valence electrons. The van der Waals surface area contributed by atoms with Gasteiger partial charge in [0.2, 0.25) is 65.0 Å². The second-order valence-electron chi connectivity index (χ2n) is 17.4. The van der Waals surface area contributed by atoms with Crippen molar-refractivity contribution in [2.24, 2.45) is 11.5 Å². The lowest BCUT2D eigenvalue weighted by atomic mass is 10.0. The van der Waals surface area contributed by atoms with E-state index in [4.69, 9.17) is 11.5 Å². The third-order valence-corrected chi connectivity index (χ3v) is 12.4. The van der Waals surface area contributed by atoms with Gasteiger partial charge < -0.3 is 68.5 Å². The van der Waals surface area contributed by atoms with E-state index in [0.29, 0.717) is 50.8 Å². The summed E-state index contributed by atoms with van der Waals surface area (Å²) in [7, 11) is 0. The maximum Gasteiger partial charge on any atom is 0.326 e. The first-order valence-electron chi connectivity index (χ1n) is 23.1. The van der Waals surface area contributed by atoms with Crippen molar-refractivity contribution in [1.29, 1.82) is 0 Å². The number of nitrogens with zero attached hydrogens (tertiary/aromatic N) is 3. The first-order chi connectivity index (χ1) is 32.9. The molecule has 25 nitrogen and oxygen atoms in total. The minimum absolute atomic E-state index is 0.0608. The van der Waals surface area contributed by atoms with E-state index in [1.54, 1.807) is 30.3 Å². The average molecular weight is 967 g/mol. The molecule has 4 saturated heterocycles. The molecule has 0 unspecified atom stereocenters. The van der Waals surface area contributed by atoms with Crippen molar-refractivity contribution in [2.45, 2.75) is 119 Å². The predicted octanol–water partition coefficient (Wildman–Crippen LogP) is -5.02. The van der Waals surface area contributed by atoms with Crippen molar-refractivity contribution in [3.8, 4) is 0 Å². The lowest BCUT2D eigenvalue weighted by Gasteiger charge is -2.32. The molecule has 4 fully saturated rings. The molecule has 0 bridgehead atoms. The summed E-state index contributed by atoms with van der Waals surface area (Å²) in [5, 5.41) is 27.2. The lowest BCUT2D eigenvalue weighted by Crippen LogP contribution is -2.58. The minimum Gasteiger partial charge on any atom is -0.480 e. The molecule has 11 amide bonds. The molecular weight excluding hydrogens is 905 g/mol. The Balaban J connectivity index is 1.11. The molecule has 0 spiro atoms. The Hall–Kier alpha value is -7.18. The van der Waals surface area contributed by atoms with Gasteiger partial charge in [-0.15, -0.1) is 0 Å². The molecule has 12 N–H and O–H groups in total. The third kappa shape index (κ3) is 15.2. The van der Waals surface area contributed by atoms with Gasteiger partial charge in [-0.25, -0.2) is 4.79 Å². The topological polar surface area (TPSA) is 371 Å². The van der Waals surface area contributed by atoms with Gasteiger partial charge in [0, 0.05) is 32.5 Å². The molecule has 1 aromatic rings. The monoisotopic (exact) mass is 966 g/mol. The number of nitrogens with two attached hydrogens (primary N) is 2. The van der Waals surface area contributed by atoms with Crippen LogP contribution < -0.4 is 48.7 Å². The van der Waals surface area contributed by atoms with Crippen molar-refractivity contribution in [2.75, 3.05) is 45.8 Å². The number of benzene rings is 1. The molecule has 5 rings (SSSR count). The maximum atomic E-state index is 13.8. The largest absolute Gasteiger partial charge is 0.480 e. The Morgan fingerprint density at radius 1 is 0.609 bits per heavy atom. The molecule has 4 aliphatic rings. The van der Waals surface area contributed by atoms with E-state index in [2.05, 4.69) is 37.2 Å². The van der Waals surface area contributed by atoms with Gasteiger partial charge in [0.15, 0.2) is 0 Å². The molecule has 4 heterocycles. The number of carbonyl (C=O) groups is 12. The summed E-state index contributed by atoms with van der Waals surface area (Å²) in [4.78, 5) is 159. The highest BCUT2D eigenvalue weighted by atomic mass is 16.4. The molecule has 0 saturated carbocycles. The zero-order chi connectivity index (χ0) is 50.2. The molecule has 0 aromatic heterocycles. The van der Waals surface area contributed by atoms with E-state index >= 15 is 0 Å². The summed E-state index contributed by atoms with van der Waals surface area (Å²) in [6.07, 6.45) is 2.58. The number of likely N-dealkylation sites (tertiary alicyclic amines) is 3. The van der Waals surface area contributed by atoms with E-state index in [-0.39, 0.29) is 51.1 Å². The predicted molar refractivity (Wildman–Crippen MR) is 240 cm³/mol. The van der Waals surface area contributed by atoms with Crippen molar-refractivity contribution in [1.82, 2.24) is 51.9 Å². The SMILES string of the molecule is NC(=O)CC[C@H](NC(=O)[C@@H]1CCCN1C(=O)[C@@H]1CCCN1)C(=O)N[C@@H](Cc1ccccc1)C(=O)NCC(=O)NCC(=O)NCC(=O)N[C@@H](CC(N)=O)C(=O)N1CCC[C@H]1C(=O)N1CCC[C@H]1C(=O)O. The molecule has 0 aliphatic carbocycles. The number of carbonyl (C=O) groups excluding carboxylic acids is 11. The number of nitrogens with one attached hydrogen (secondary N) is 7. The van der Waals surface area contributed by atoms with Crippen molar-refractivity contribution in [3.05, 3.63) is 35.9 Å². The van der Waals surface area contributed by atoms with E-state index < -0.39 is 133 Å². The van der Waals surface area contributed by atoms with Gasteiger partial charge in [-0.2, -0.15) is 0 Å². The Morgan fingerprint density at radius 2 is 1.20 bits per heavy atom. The van der Waals surface area contributed by atoms with Crippen LogP contribution in [0.15, 0.2) is 30.3 Å². The Bertz CT molecular complexity index is 2120. The number of aliphatic carboxylic acids is 1. The van der Waals surface area contributed by atoms with Crippen LogP contribution in [0.1, 0.15) is 76.2 Å². The van der Waals surface area contributed by atoms with Gasteiger partial charge in [-0.3, -0.25) is 52.7 Å². The number of hydrogen-bond acceptors (Lipinski definition) is 13. The molecule has 4 aliphatic heterocycles. The highest BCUT2D eigenvalue weighted by Gasteiger charge is 2.44. The van der Waals surface area contributed by atoms with Crippen LogP contribution >= 0.6 is 0 Å². The third-order valence-electron chi connectivity index (χ3n) is 12.4. The lowest BCUT2D eigenvalue weighted by molar-refractivity contribution is -0.152. The minimum atomic E-state index is -1.51. The summed E-state index contributed by atoms with van der Waals surface area (Å²) in [6.45, 7) is -0.685. The molecule has 69 heavy (non-hydrogen) atoms. The summed E-state index contributed by atoms with van der Waals surface area (Å²) in [6, 6.07) is 1.11.